The number of hydrogen-bond donors (Lipinski definition) is 0. The molecule has 0 fully saturated rings. The van der Waals surface area contributed by atoms with Gasteiger partial charge in [-0.15, -0.1) is 6.42 Å². The molecule has 0 aliphatic carbocycles. The van der Waals surface area contributed by atoms with Crippen LogP contribution in [0.3, 0.4) is 0 Å². The van der Waals surface area contributed by atoms with Crippen molar-refractivity contribution in [3.63, 3.8) is 0 Å². The summed E-state index contributed by atoms with van der Waals surface area (Å²) in [5.74, 6) is 3.56. The molecule has 1 amide bonds. The summed E-state index contributed by atoms with van der Waals surface area (Å²) in [5.41, 5.74) is 3.81. The number of hydrogen-bond acceptors (Lipinski definition) is 6. The van der Waals surface area contributed by atoms with Crippen LogP contribution in [0, 0.1) is 12.3 Å². The van der Waals surface area contributed by atoms with E-state index in [4.69, 9.17) is 20.9 Å². The zero-order valence-corrected chi connectivity index (χ0v) is 17.8. The molecule has 3 aromatic heterocycles. The first-order valence-electron chi connectivity index (χ1n) is 9.71. The fourth-order valence-corrected chi connectivity index (χ4v) is 3.43. The van der Waals surface area contributed by atoms with Crippen LogP contribution in [0.1, 0.15) is 35.5 Å². The Morgan fingerprint density at radius 2 is 1.94 bits per heavy atom. The quantitative estimate of drug-likeness (QED) is 0.594. The van der Waals surface area contributed by atoms with Gasteiger partial charge in [0.1, 0.15) is 0 Å². The number of fused-ring (bicyclic) bond motifs is 1. The molecule has 0 radical (unpaired) electrons. The normalized spacial score (nSPS) is 13.0. The van der Waals surface area contributed by atoms with E-state index in [9.17, 15) is 4.79 Å². The van der Waals surface area contributed by atoms with Crippen LogP contribution in [0.5, 0.6) is 11.6 Å². The Hall–Kier alpha value is -3.92. The smallest absolute Gasteiger partial charge is 0.260 e. The van der Waals surface area contributed by atoms with Crippen LogP contribution in [0.25, 0.3) is 11.3 Å². The van der Waals surface area contributed by atoms with Gasteiger partial charge >= 0.3 is 0 Å². The van der Waals surface area contributed by atoms with Crippen LogP contribution >= 0.6 is 0 Å². The molecule has 4 heterocycles. The Bertz CT molecular complexity index is 1210. The van der Waals surface area contributed by atoms with E-state index in [1.807, 2.05) is 26.0 Å². The lowest BCUT2D eigenvalue weighted by molar-refractivity contribution is 0.0996. The SMILES string of the molecule is C#CC(C)(C)c1cncc(N2Cc3nc(-c4cnc(OC)c(OC)c4)ccc3C2=O)c1. The van der Waals surface area contributed by atoms with Gasteiger partial charge in [0.05, 0.1) is 55.0 Å². The second-order valence-corrected chi connectivity index (χ2v) is 7.72. The maximum absolute atomic E-state index is 13.0. The number of terminal acetylenes is 1. The van der Waals surface area contributed by atoms with Crippen LogP contribution in [0.2, 0.25) is 0 Å². The fourth-order valence-electron chi connectivity index (χ4n) is 3.43. The number of carbonyl (C=O) groups is 1. The molecule has 1 aliphatic rings. The topological polar surface area (TPSA) is 77.4 Å². The van der Waals surface area contributed by atoms with E-state index in [-0.39, 0.29) is 5.91 Å². The minimum absolute atomic E-state index is 0.114. The monoisotopic (exact) mass is 414 g/mol. The molecule has 1 aliphatic heterocycles. The van der Waals surface area contributed by atoms with Crippen molar-refractivity contribution in [2.75, 3.05) is 19.1 Å². The minimum Gasteiger partial charge on any atom is -0.491 e. The summed E-state index contributed by atoms with van der Waals surface area (Å²) >= 11 is 0. The molecule has 3 aromatic rings. The van der Waals surface area contributed by atoms with Crippen molar-refractivity contribution in [2.45, 2.75) is 25.8 Å². The molecule has 0 aromatic carbocycles. The molecule has 0 unspecified atom stereocenters. The summed E-state index contributed by atoms with van der Waals surface area (Å²) in [5, 5.41) is 0. The van der Waals surface area contributed by atoms with Gasteiger partial charge in [-0.2, -0.15) is 0 Å². The minimum atomic E-state index is -0.482. The van der Waals surface area contributed by atoms with Crippen LogP contribution in [-0.4, -0.2) is 35.1 Å². The number of rotatable bonds is 5. The van der Waals surface area contributed by atoms with Crippen LogP contribution in [0.4, 0.5) is 5.69 Å². The molecule has 7 nitrogen and oxygen atoms in total. The Labute approximate surface area is 181 Å². The highest BCUT2D eigenvalue weighted by molar-refractivity contribution is 6.09. The molecule has 0 saturated heterocycles. The molecule has 156 valence electrons. The first kappa shape index (κ1) is 20.4. The van der Waals surface area contributed by atoms with Gasteiger partial charge in [-0.3, -0.25) is 14.8 Å². The number of ether oxygens (including phenoxy) is 2. The molecule has 4 rings (SSSR count). The van der Waals surface area contributed by atoms with Crippen molar-refractivity contribution in [1.29, 1.82) is 0 Å². The van der Waals surface area contributed by atoms with Crippen molar-refractivity contribution < 1.29 is 14.3 Å². The van der Waals surface area contributed by atoms with Crippen molar-refractivity contribution >= 4 is 11.6 Å². The average molecular weight is 414 g/mol. The van der Waals surface area contributed by atoms with Gasteiger partial charge in [0.2, 0.25) is 0 Å². The lowest BCUT2D eigenvalue weighted by atomic mass is 9.87. The van der Waals surface area contributed by atoms with E-state index in [2.05, 4.69) is 15.9 Å². The summed E-state index contributed by atoms with van der Waals surface area (Å²) in [7, 11) is 3.09. The summed E-state index contributed by atoms with van der Waals surface area (Å²) in [6.45, 7) is 4.24. The highest BCUT2D eigenvalue weighted by Crippen LogP contribution is 2.33. The second-order valence-electron chi connectivity index (χ2n) is 7.72. The molecular formula is C24H22N4O3. The van der Waals surface area contributed by atoms with Gasteiger partial charge in [0.15, 0.2) is 5.75 Å². The van der Waals surface area contributed by atoms with E-state index < -0.39 is 5.41 Å². The number of aromatic nitrogens is 3. The molecule has 31 heavy (non-hydrogen) atoms. The summed E-state index contributed by atoms with van der Waals surface area (Å²) in [4.78, 5) is 28.0. The van der Waals surface area contributed by atoms with E-state index in [1.54, 1.807) is 42.7 Å². The van der Waals surface area contributed by atoms with E-state index >= 15 is 0 Å². The van der Waals surface area contributed by atoms with Gasteiger partial charge in [-0.1, -0.05) is 5.92 Å². The molecule has 0 bridgehead atoms. The average Bonchev–Trinajstić information content (AvgIpc) is 3.14. The highest BCUT2D eigenvalue weighted by atomic mass is 16.5. The third-order valence-corrected chi connectivity index (χ3v) is 5.40. The number of methoxy groups -OCH3 is 2. The predicted octanol–water partition coefficient (Wildman–Crippen LogP) is 3.63. The lowest BCUT2D eigenvalue weighted by Gasteiger charge is -2.21. The van der Waals surface area contributed by atoms with Crippen molar-refractivity contribution in [3.8, 4) is 35.2 Å². The zero-order valence-electron chi connectivity index (χ0n) is 17.8. The molecule has 0 saturated carbocycles. The zero-order chi connectivity index (χ0) is 22.2. The van der Waals surface area contributed by atoms with Crippen molar-refractivity contribution in [3.05, 3.63) is 59.7 Å². The Kier molecular flexibility index (Phi) is 5.07. The Morgan fingerprint density at radius 1 is 1.13 bits per heavy atom. The molecule has 0 spiro atoms. The van der Waals surface area contributed by atoms with Crippen molar-refractivity contribution in [2.24, 2.45) is 0 Å². The third-order valence-electron chi connectivity index (χ3n) is 5.40. The number of nitrogens with zero attached hydrogens (tertiary/aromatic N) is 4. The summed E-state index contributed by atoms with van der Waals surface area (Å²) < 4.78 is 10.5. The largest absolute Gasteiger partial charge is 0.491 e. The molecular weight excluding hydrogens is 392 g/mol. The maximum atomic E-state index is 13.0. The van der Waals surface area contributed by atoms with E-state index in [1.165, 1.54) is 7.11 Å². The van der Waals surface area contributed by atoms with Crippen LogP contribution in [-0.2, 0) is 12.0 Å². The van der Waals surface area contributed by atoms with Gasteiger partial charge in [-0.05, 0) is 43.7 Å². The van der Waals surface area contributed by atoms with E-state index in [0.29, 0.717) is 40.8 Å². The summed E-state index contributed by atoms with van der Waals surface area (Å²) in [6, 6.07) is 7.32. The number of pyridine rings is 3. The first-order chi connectivity index (χ1) is 14.9. The second kappa shape index (κ2) is 7.73. The van der Waals surface area contributed by atoms with E-state index in [0.717, 1.165) is 11.1 Å². The van der Waals surface area contributed by atoms with Crippen molar-refractivity contribution in [1.82, 2.24) is 15.0 Å². The Balaban J connectivity index is 1.67. The van der Waals surface area contributed by atoms with Gasteiger partial charge in [0, 0.05) is 18.0 Å². The highest BCUT2D eigenvalue weighted by Gasteiger charge is 2.31. The van der Waals surface area contributed by atoms with Crippen LogP contribution < -0.4 is 14.4 Å². The van der Waals surface area contributed by atoms with Gasteiger partial charge in [-0.25, -0.2) is 4.98 Å². The molecule has 0 N–H and O–H groups in total. The first-order valence-corrected chi connectivity index (χ1v) is 9.71. The predicted molar refractivity (Wildman–Crippen MR) is 117 cm³/mol. The third kappa shape index (κ3) is 3.57. The van der Waals surface area contributed by atoms with Gasteiger partial charge in [0.25, 0.3) is 11.8 Å². The number of carbonyl (C=O) groups excluding carboxylic acids is 1. The maximum Gasteiger partial charge on any atom is 0.260 e. The number of anilines is 1. The summed E-state index contributed by atoms with van der Waals surface area (Å²) in [6.07, 6.45) is 10.7. The molecule has 0 atom stereocenters. The van der Waals surface area contributed by atoms with Gasteiger partial charge < -0.3 is 14.4 Å². The molecule has 7 heteroatoms. The van der Waals surface area contributed by atoms with Crippen LogP contribution in [0.15, 0.2) is 42.9 Å². The lowest BCUT2D eigenvalue weighted by Crippen LogP contribution is -2.24. The standard InChI is InChI=1S/C24H22N4O3/c1-6-24(2,3)16-10-17(13-25-12-16)28-14-20-18(23(28)29)7-8-19(27-20)15-9-21(30-4)22(31-5)26-11-15/h1,7-13H,14H2,2-5H3. The Morgan fingerprint density at radius 3 is 2.65 bits per heavy atom. The number of amides is 1. The fraction of sp³-hybridized carbons (Fsp3) is 0.250.